The molecule has 0 fully saturated rings. The van der Waals surface area contributed by atoms with Gasteiger partial charge < -0.3 is 10.6 Å². The van der Waals surface area contributed by atoms with Crippen molar-refractivity contribution in [2.75, 3.05) is 0 Å². The van der Waals surface area contributed by atoms with Crippen LogP contribution in [0.2, 0.25) is 10.0 Å². The molecule has 4 N–H and O–H groups in total. The molecule has 1 heterocycles. The highest BCUT2D eigenvalue weighted by molar-refractivity contribution is 6.35. The van der Waals surface area contributed by atoms with E-state index in [2.05, 4.69) is 15.4 Å². The van der Waals surface area contributed by atoms with Crippen LogP contribution in [0, 0.1) is 0 Å². The van der Waals surface area contributed by atoms with E-state index in [1.54, 1.807) is 6.07 Å². The Morgan fingerprint density at radius 2 is 2.08 bits per heavy atom. The Hall–Kier alpha value is -2.00. The van der Waals surface area contributed by atoms with Crippen LogP contribution in [0.3, 0.4) is 0 Å². The minimum atomic E-state index is -1.69. The number of benzene rings is 1. The van der Waals surface area contributed by atoms with Crippen molar-refractivity contribution < 1.29 is 20.2 Å². The second-order valence-corrected chi connectivity index (χ2v) is 5.87. The third kappa shape index (κ3) is 5.00. The first kappa shape index (κ1) is 20.0. The number of hydrogen-bond acceptors (Lipinski definition) is 5. The maximum atomic E-state index is 11.9. The van der Waals surface area contributed by atoms with Crippen molar-refractivity contribution in [1.29, 1.82) is 0 Å². The van der Waals surface area contributed by atoms with E-state index in [0.717, 1.165) is 0 Å². The number of aromatic nitrogens is 3. The van der Waals surface area contributed by atoms with Crippen LogP contribution < -0.4 is 5.32 Å². The fraction of sp³-hybridized carbons (Fsp3) is 0.286. The lowest BCUT2D eigenvalue weighted by atomic mass is 9.89. The number of aliphatic hydroxyl groups is 1. The average molecular weight is 375 g/mol. The zero-order valence-electron chi connectivity index (χ0n) is 12.7. The van der Waals surface area contributed by atoms with Gasteiger partial charge in [0.15, 0.2) is 0 Å². The highest BCUT2D eigenvalue weighted by Crippen LogP contribution is 2.34. The summed E-state index contributed by atoms with van der Waals surface area (Å²) in [5.41, 5.74) is -1.38. The van der Waals surface area contributed by atoms with Crippen LogP contribution in [0.15, 0.2) is 30.9 Å². The van der Waals surface area contributed by atoms with E-state index in [4.69, 9.17) is 23.2 Å². The van der Waals surface area contributed by atoms with Gasteiger partial charge in [0.25, 0.3) is 0 Å². The summed E-state index contributed by atoms with van der Waals surface area (Å²) in [5.74, 6) is -1.15. The normalized spacial score (nSPS) is 12.8. The topological polar surface area (TPSA) is 129 Å². The molecule has 8 nitrogen and oxygen atoms in total. The van der Waals surface area contributed by atoms with Gasteiger partial charge in [-0.1, -0.05) is 29.3 Å². The zero-order chi connectivity index (χ0) is 17.0. The highest BCUT2D eigenvalue weighted by Gasteiger charge is 2.35. The van der Waals surface area contributed by atoms with Crippen LogP contribution in [-0.4, -0.2) is 37.2 Å². The second kappa shape index (κ2) is 8.20. The first-order chi connectivity index (χ1) is 10.8. The lowest BCUT2D eigenvalue weighted by Crippen LogP contribution is -2.40. The Morgan fingerprint density at radius 1 is 1.38 bits per heavy atom. The summed E-state index contributed by atoms with van der Waals surface area (Å²) >= 11 is 12.0. The van der Waals surface area contributed by atoms with Crippen molar-refractivity contribution >= 4 is 35.0 Å². The predicted molar refractivity (Wildman–Crippen MR) is 87.4 cm³/mol. The minimum Gasteiger partial charge on any atom is -0.412 e. The van der Waals surface area contributed by atoms with E-state index in [0.29, 0.717) is 10.6 Å². The maximum Gasteiger partial charge on any atom is 0.229 e. The van der Waals surface area contributed by atoms with Gasteiger partial charge in [-0.3, -0.25) is 14.9 Å². The Morgan fingerprint density at radius 3 is 2.62 bits per heavy atom. The smallest absolute Gasteiger partial charge is 0.229 e. The number of amides is 2. The summed E-state index contributed by atoms with van der Waals surface area (Å²) in [4.78, 5) is 26.8. The van der Waals surface area contributed by atoms with Gasteiger partial charge in [0, 0.05) is 22.5 Å². The summed E-state index contributed by atoms with van der Waals surface area (Å²) in [6, 6.07) is 4.55. The van der Waals surface area contributed by atoms with E-state index in [9.17, 15) is 14.7 Å². The molecule has 0 saturated carbocycles. The van der Waals surface area contributed by atoms with E-state index >= 15 is 0 Å². The van der Waals surface area contributed by atoms with Gasteiger partial charge in [-0.15, -0.1) is 0 Å². The summed E-state index contributed by atoms with van der Waals surface area (Å²) in [6.45, 7) is 1.14. The maximum absolute atomic E-state index is 11.9. The number of halogens is 2. The van der Waals surface area contributed by atoms with Crippen LogP contribution >= 0.6 is 23.2 Å². The molecule has 0 aliphatic rings. The molecule has 0 aliphatic carbocycles. The van der Waals surface area contributed by atoms with Crippen molar-refractivity contribution in [3.05, 3.63) is 46.5 Å². The van der Waals surface area contributed by atoms with Crippen LogP contribution in [0.25, 0.3) is 0 Å². The molecule has 1 aromatic carbocycles. The van der Waals surface area contributed by atoms with Crippen molar-refractivity contribution in [3.63, 3.8) is 0 Å². The number of carbonyl (C=O) groups is 2. The molecule has 10 heteroatoms. The summed E-state index contributed by atoms with van der Waals surface area (Å²) in [6.07, 6.45) is 2.32. The number of nitrogens with zero attached hydrogens (tertiary/aromatic N) is 3. The minimum absolute atomic E-state index is 0. The van der Waals surface area contributed by atoms with Crippen LogP contribution in [0.4, 0.5) is 0 Å². The fourth-order valence-electron chi connectivity index (χ4n) is 2.19. The molecule has 2 rings (SSSR count). The summed E-state index contributed by atoms with van der Waals surface area (Å²) in [5, 5.41) is 17.7. The molecule has 1 atom stereocenters. The zero-order valence-corrected chi connectivity index (χ0v) is 14.2. The van der Waals surface area contributed by atoms with Gasteiger partial charge in [0.1, 0.15) is 18.3 Å². The van der Waals surface area contributed by atoms with Crippen LogP contribution in [0.1, 0.15) is 18.9 Å². The molecule has 0 aliphatic heterocycles. The predicted octanol–water partition coefficient (Wildman–Crippen LogP) is 0.701. The average Bonchev–Trinajstić information content (AvgIpc) is 2.89. The Kier molecular flexibility index (Phi) is 6.85. The van der Waals surface area contributed by atoms with Crippen molar-refractivity contribution in [2.24, 2.45) is 0 Å². The summed E-state index contributed by atoms with van der Waals surface area (Å²) in [7, 11) is 0. The second-order valence-electron chi connectivity index (χ2n) is 5.03. The van der Waals surface area contributed by atoms with Crippen molar-refractivity contribution in [3.8, 4) is 0 Å². The molecule has 0 radical (unpaired) electrons. The quantitative estimate of drug-likeness (QED) is 0.795. The molecule has 130 valence electrons. The number of carbonyl (C=O) groups excluding carboxylic acids is 2. The van der Waals surface area contributed by atoms with E-state index < -0.39 is 17.4 Å². The van der Waals surface area contributed by atoms with E-state index in [-0.39, 0.29) is 23.5 Å². The number of rotatable bonds is 5. The monoisotopic (exact) mass is 374 g/mol. The Labute approximate surface area is 147 Å². The molecule has 1 aromatic heterocycles. The standard InChI is InChI=1S/C14H14Cl2N4O3.H2O/c1-9(21)19-13(22)5-14(23,6-20-8-17-7-18-20)11-3-2-10(15)4-12(11)16;/h2-4,7-8,23H,5-6H2,1H3,(H,19,21,22);1H2. The molecule has 2 aromatic rings. The van der Waals surface area contributed by atoms with Crippen LogP contribution in [0.5, 0.6) is 0 Å². The van der Waals surface area contributed by atoms with Gasteiger partial charge in [0.2, 0.25) is 11.8 Å². The molecule has 0 saturated heterocycles. The van der Waals surface area contributed by atoms with Gasteiger partial charge in [-0.2, -0.15) is 5.10 Å². The number of hydrogen-bond donors (Lipinski definition) is 2. The third-order valence-corrected chi connectivity index (χ3v) is 3.64. The van der Waals surface area contributed by atoms with Gasteiger partial charge in [-0.25, -0.2) is 9.67 Å². The first-order valence-corrected chi connectivity index (χ1v) is 7.36. The lowest BCUT2D eigenvalue weighted by molar-refractivity contribution is -0.133. The Bertz CT molecular complexity index is 724. The largest absolute Gasteiger partial charge is 0.412 e. The van der Waals surface area contributed by atoms with Gasteiger partial charge in [-0.05, 0) is 12.1 Å². The van der Waals surface area contributed by atoms with Gasteiger partial charge in [0.05, 0.1) is 13.0 Å². The highest BCUT2D eigenvalue weighted by atomic mass is 35.5. The van der Waals surface area contributed by atoms with Gasteiger partial charge >= 0.3 is 0 Å². The van der Waals surface area contributed by atoms with Crippen molar-refractivity contribution in [1.82, 2.24) is 20.1 Å². The number of nitrogens with one attached hydrogen (secondary N) is 1. The molecule has 0 spiro atoms. The first-order valence-electron chi connectivity index (χ1n) is 6.61. The van der Waals surface area contributed by atoms with Crippen molar-refractivity contribution in [2.45, 2.75) is 25.5 Å². The molecule has 0 bridgehead atoms. The molecule has 1 unspecified atom stereocenters. The molecule has 2 amide bonds. The lowest BCUT2D eigenvalue weighted by Gasteiger charge is -2.28. The molecular formula is C14H16Cl2N4O4. The van der Waals surface area contributed by atoms with E-state index in [1.807, 2.05) is 0 Å². The Balaban J connectivity index is 0.00000288. The number of imide groups is 1. The molecule has 24 heavy (non-hydrogen) atoms. The fourth-order valence-corrected chi connectivity index (χ4v) is 2.78. The van der Waals surface area contributed by atoms with Crippen LogP contribution in [-0.2, 0) is 21.7 Å². The third-order valence-electron chi connectivity index (χ3n) is 3.09. The SMILES string of the molecule is CC(=O)NC(=O)CC(O)(Cn1cncn1)c1ccc(Cl)cc1Cl.O. The van der Waals surface area contributed by atoms with E-state index in [1.165, 1.54) is 36.4 Å². The molecular weight excluding hydrogens is 359 g/mol. The summed E-state index contributed by atoms with van der Waals surface area (Å²) < 4.78 is 1.37.